The number of halogens is 6. The van der Waals surface area contributed by atoms with Gasteiger partial charge in [0.15, 0.2) is 0 Å². The Hall–Kier alpha value is -1.77. The molecular weight excluding hydrogens is 364 g/mol. The zero-order valence-corrected chi connectivity index (χ0v) is 14.3. The van der Waals surface area contributed by atoms with Crippen molar-refractivity contribution in [2.75, 3.05) is 0 Å². The Morgan fingerprint density at radius 1 is 1.12 bits per heavy atom. The molecule has 1 aromatic carbocycles. The lowest BCUT2D eigenvalue weighted by molar-refractivity contribution is -0.162. The van der Waals surface area contributed by atoms with Gasteiger partial charge in [-0.1, -0.05) is 19.4 Å². The number of rotatable bonds is 7. The number of hydrogen-bond acceptors (Lipinski definition) is 2. The van der Waals surface area contributed by atoms with Crippen LogP contribution in [-0.2, 0) is 23.6 Å². The predicted octanol–water partition coefficient (Wildman–Crippen LogP) is 4.88. The second-order valence-electron chi connectivity index (χ2n) is 6.80. The number of hydrogen-bond donors (Lipinski definition) is 2. The van der Waals surface area contributed by atoms with Crippen LogP contribution in [0.15, 0.2) is 18.2 Å². The molecule has 0 aromatic heterocycles. The first kappa shape index (κ1) is 22.3. The van der Waals surface area contributed by atoms with E-state index in [1.807, 2.05) is 0 Å². The van der Waals surface area contributed by atoms with Gasteiger partial charge >= 0.3 is 18.3 Å². The SMILES string of the molecule is CC(CCCc1ccc(C(F)(F)F)c(C(F)(F)F)c1)CC(C)(N)C(=O)O. The van der Waals surface area contributed by atoms with Crippen LogP contribution >= 0.6 is 0 Å². The highest BCUT2D eigenvalue weighted by molar-refractivity contribution is 5.77. The van der Waals surface area contributed by atoms with Crippen LogP contribution in [0.5, 0.6) is 0 Å². The Bertz CT molecular complexity index is 637. The van der Waals surface area contributed by atoms with Crippen LogP contribution in [0.3, 0.4) is 0 Å². The molecule has 0 amide bonds. The summed E-state index contributed by atoms with van der Waals surface area (Å²) < 4.78 is 76.9. The molecule has 0 bridgehead atoms. The lowest BCUT2D eigenvalue weighted by Gasteiger charge is -2.23. The van der Waals surface area contributed by atoms with Gasteiger partial charge in [0.05, 0.1) is 11.1 Å². The Morgan fingerprint density at radius 2 is 1.65 bits per heavy atom. The molecule has 0 aliphatic rings. The molecule has 9 heteroatoms. The first-order chi connectivity index (χ1) is 11.6. The Balaban J connectivity index is 2.79. The van der Waals surface area contributed by atoms with E-state index in [9.17, 15) is 31.1 Å². The summed E-state index contributed by atoms with van der Waals surface area (Å²) in [7, 11) is 0. The monoisotopic (exact) mass is 385 g/mol. The van der Waals surface area contributed by atoms with Crippen molar-refractivity contribution >= 4 is 5.97 Å². The van der Waals surface area contributed by atoms with E-state index < -0.39 is 35.0 Å². The minimum absolute atomic E-state index is 0.0994. The van der Waals surface area contributed by atoms with E-state index in [2.05, 4.69) is 0 Å². The minimum atomic E-state index is -5.10. The maximum atomic E-state index is 12.9. The topological polar surface area (TPSA) is 63.3 Å². The number of carboxylic acid groups (broad SMARTS) is 1. The van der Waals surface area contributed by atoms with Crippen LogP contribution in [0.4, 0.5) is 26.3 Å². The van der Waals surface area contributed by atoms with E-state index in [4.69, 9.17) is 10.8 Å². The summed E-state index contributed by atoms with van der Waals surface area (Å²) in [6.07, 6.45) is -8.96. The molecule has 0 heterocycles. The van der Waals surface area contributed by atoms with Gasteiger partial charge in [0.25, 0.3) is 0 Å². The fourth-order valence-corrected chi connectivity index (χ4v) is 2.80. The van der Waals surface area contributed by atoms with Crippen LogP contribution < -0.4 is 5.73 Å². The molecule has 1 rings (SSSR count). The maximum absolute atomic E-state index is 12.9. The summed E-state index contributed by atoms with van der Waals surface area (Å²) in [6, 6.07) is 2.01. The highest BCUT2D eigenvalue weighted by Crippen LogP contribution is 2.40. The maximum Gasteiger partial charge on any atom is 0.417 e. The lowest BCUT2D eigenvalue weighted by atomic mass is 9.87. The normalized spacial score (nSPS) is 16.2. The molecule has 0 fully saturated rings. The summed E-state index contributed by atoms with van der Waals surface area (Å²) >= 11 is 0. The van der Waals surface area contributed by atoms with Gasteiger partial charge in [-0.2, -0.15) is 26.3 Å². The van der Waals surface area contributed by atoms with Crippen molar-refractivity contribution in [1.82, 2.24) is 0 Å². The molecule has 148 valence electrons. The zero-order chi connectivity index (χ0) is 20.3. The second kappa shape index (κ2) is 7.85. The number of alkyl halides is 6. The molecule has 3 N–H and O–H groups in total. The Labute approximate surface area is 147 Å². The third kappa shape index (κ3) is 6.19. The summed E-state index contributed by atoms with van der Waals surface area (Å²) in [5, 5.41) is 8.97. The number of aryl methyl sites for hydroxylation is 1. The van der Waals surface area contributed by atoms with Crippen molar-refractivity contribution in [3.8, 4) is 0 Å². The second-order valence-corrected chi connectivity index (χ2v) is 6.80. The van der Waals surface area contributed by atoms with Crippen LogP contribution in [0.2, 0.25) is 0 Å². The average molecular weight is 385 g/mol. The molecule has 3 nitrogen and oxygen atoms in total. The molecule has 0 aliphatic heterocycles. The van der Waals surface area contributed by atoms with E-state index in [1.165, 1.54) is 6.92 Å². The molecule has 26 heavy (non-hydrogen) atoms. The summed E-state index contributed by atoms with van der Waals surface area (Å²) in [6.45, 7) is 3.14. The van der Waals surface area contributed by atoms with Gasteiger partial charge in [0.1, 0.15) is 5.54 Å². The number of carboxylic acids is 1. The standard InChI is InChI=1S/C17H21F6NO2/c1-10(9-15(2,24)14(25)26)4-3-5-11-6-7-12(16(18,19)20)13(8-11)17(21,22)23/h6-8,10H,3-5,9,24H2,1-2H3,(H,25,26). The van der Waals surface area contributed by atoms with E-state index in [0.29, 0.717) is 25.0 Å². The van der Waals surface area contributed by atoms with Gasteiger partial charge in [-0.25, -0.2) is 0 Å². The largest absolute Gasteiger partial charge is 0.480 e. The predicted molar refractivity (Wildman–Crippen MR) is 83.4 cm³/mol. The third-order valence-electron chi connectivity index (χ3n) is 4.12. The molecule has 0 saturated heterocycles. The van der Waals surface area contributed by atoms with Crippen LogP contribution in [0.25, 0.3) is 0 Å². The average Bonchev–Trinajstić information content (AvgIpc) is 2.44. The molecule has 0 aliphatic carbocycles. The van der Waals surface area contributed by atoms with Crippen molar-refractivity contribution in [1.29, 1.82) is 0 Å². The molecule has 2 atom stereocenters. The van der Waals surface area contributed by atoms with E-state index >= 15 is 0 Å². The smallest absolute Gasteiger partial charge is 0.417 e. The van der Waals surface area contributed by atoms with Gasteiger partial charge in [-0.3, -0.25) is 4.79 Å². The summed E-state index contributed by atoms with van der Waals surface area (Å²) in [4.78, 5) is 11.0. The Morgan fingerprint density at radius 3 is 2.12 bits per heavy atom. The molecular formula is C17H21F6NO2. The van der Waals surface area contributed by atoms with Crippen molar-refractivity contribution in [2.45, 2.75) is 57.4 Å². The number of nitrogens with two attached hydrogens (primary N) is 1. The van der Waals surface area contributed by atoms with Crippen molar-refractivity contribution < 1.29 is 36.2 Å². The van der Waals surface area contributed by atoms with E-state index in [0.717, 1.165) is 6.07 Å². The number of carbonyl (C=O) groups is 1. The molecule has 0 spiro atoms. The van der Waals surface area contributed by atoms with Gasteiger partial charge in [0, 0.05) is 0 Å². The van der Waals surface area contributed by atoms with Crippen LogP contribution in [0, 0.1) is 5.92 Å². The molecule has 0 radical (unpaired) electrons. The third-order valence-corrected chi connectivity index (χ3v) is 4.12. The number of aliphatic carboxylic acids is 1. The first-order valence-electron chi connectivity index (χ1n) is 7.94. The number of benzene rings is 1. The first-order valence-corrected chi connectivity index (χ1v) is 7.94. The summed E-state index contributed by atoms with van der Waals surface area (Å²) in [5.41, 5.74) is 0.972. The summed E-state index contributed by atoms with van der Waals surface area (Å²) in [5.74, 6) is -1.25. The highest BCUT2D eigenvalue weighted by atomic mass is 19.4. The van der Waals surface area contributed by atoms with E-state index in [-0.39, 0.29) is 24.3 Å². The van der Waals surface area contributed by atoms with Crippen LogP contribution in [-0.4, -0.2) is 16.6 Å². The minimum Gasteiger partial charge on any atom is -0.480 e. The lowest BCUT2D eigenvalue weighted by Crippen LogP contribution is -2.46. The van der Waals surface area contributed by atoms with E-state index in [1.54, 1.807) is 6.92 Å². The van der Waals surface area contributed by atoms with Crippen LogP contribution in [0.1, 0.15) is 49.8 Å². The van der Waals surface area contributed by atoms with Crippen molar-refractivity contribution in [3.05, 3.63) is 34.9 Å². The van der Waals surface area contributed by atoms with Gasteiger partial charge in [0.2, 0.25) is 0 Å². The van der Waals surface area contributed by atoms with Gasteiger partial charge < -0.3 is 10.8 Å². The van der Waals surface area contributed by atoms with Gasteiger partial charge in [-0.05, 0) is 49.8 Å². The van der Waals surface area contributed by atoms with Crippen molar-refractivity contribution in [3.63, 3.8) is 0 Å². The fraction of sp³-hybridized carbons (Fsp3) is 0.588. The highest BCUT2D eigenvalue weighted by Gasteiger charge is 2.43. The quantitative estimate of drug-likeness (QED) is 0.658. The van der Waals surface area contributed by atoms with Gasteiger partial charge in [-0.15, -0.1) is 0 Å². The molecule has 2 unspecified atom stereocenters. The molecule has 0 saturated carbocycles. The Kier molecular flexibility index (Phi) is 6.73. The fourth-order valence-electron chi connectivity index (χ4n) is 2.80. The molecule has 1 aromatic rings. The van der Waals surface area contributed by atoms with Crippen molar-refractivity contribution in [2.24, 2.45) is 11.7 Å². The zero-order valence-electron chi connectivity index (χ0n) is 14.3.